The average molecular weight is 412 g/mol. The van der Waals surface area contributed by atoms with Crippen molar-refractivity contribution in [3.8, 4) is 5.75 Å². The molecule has 0 aliphatic rings. The molecule has 0 unspecified atom stereocenters. The lowest BCUT2D eigenvalue weighted by Crippen LogP contribution is -2.41. The lowest BCUT2D eigenvalue weighted by molar-refractivity contribution is 0.415. The molecule has 0 bridgehead atoms. The van der Waals surface area contributed by atoms with E-state index < -0.39 is 0 Å². The maximum atomic E-state index is 5.33. The third kappa shape index (κ3) is 5.41. The number of hydrogen-bond donors (Lipinski definition) is 4. The Hall–Kier alpha value is -3.20. The molecule has 3 rings (SSSR count). The van der Waals surface area contributed by atoms with Crippen molar-refractivity contribution in [1.82, 2.24) is 25.6 Å². The van der Waals surface area contributed by atoms with E-state index in [4.69, 9.17) is 17.0 Å². The lowest BCUT2D eigenvalue weighted by atomic mass is 10.1. The molecule has 3 aromatic rings. The summed E-state index contributed by atoms with van der Waals surface area (Å²) in [6.07, 6.45) is 2.76. The van der Waals surface area contributed by atoms with Crippen LogP contribution in [0.4, 0.5) is 5.95 Å². The van der Waals surface area contributed by atoms with E-state index in [1.807, 2.05) is 44.3 Å². The monoisotopic (exact) mass is 411 g/mol. The number of nitrogens with zero attached hydrogens (tertiary/aromatic N) is 3. The number of aromatic amines is 1. The van der Waals surface area contributed by atoms with Crippen molar-refractivity contribution < 1.29 is 4.74 Å². The first-order valence-electron chi connectivity index (χ1n) is 9.25. The Bertz CT molecular complexity index is 1020. The van der Waals surface area contributed by atoms with Crippen LogP contribution in [0.15, 0.2) is 35.5 Å². The number of fused-ring (bicyclic) bond motifs is 1. The van der Waals surface area contributed by atoms with Crippen LogP contribution in [0.5, 0.6) is 5.75 Å². The molecule has 0 spiro atoms. The predicted octanol–water partition coefficient (Wildman–Crippen LogP) is 2.69. The third-order valence-electron chi connectivity index (χ3n) is 4.30. The van der Waals surface area contributed by atoms with E-state index in [1.54, 1.807) is 14.2 Å². The Kier molecular flexibility index (Phi) is 6.61. The first-order valence-corrected chi connectivity index (χ1v) is 9.66. The van der Waals surface area contributed by atoms with Gasteiger partial charge in [-0.3, -0.25) is 10.3 Å². The van der Waals surface area contributed by atoms with E-state index in [0.29, 0.717) is 23.6 Å². The fraction of sp³-hybridized carbons (Fsp3) is 0.300. The molecule has 152 valence electrons. The molecule has 29 heavy (non-hydrogen) atoms. The number of benzene rings is 1. The fourth-order valence-electron chi connectivity index (χ4n) is 2.95. The molecule has 2 aromatic heterocycles. The average Bonchev–Trinajstić information content (AvgIpc) is 3.09. The van der Waals surface area contributed by atoms with Crippen molar-refractivity contribution >= 4 is 40.1 Å². The Balaban J connectivity index is 1.76. The minimum Gasteiger partial charge on any atom is -0.497 e. The lowest BCUT2D eigenvalue weighted by Gasteiger charge is -2.12. The van der Waals surface area contributed by atoms with E-state index in [0.717, 1.165) is 34.5 Å². The molecule has 1 aromatic carbocycles. The van der Waals surface area contributed by atoms with E-state index in [9.17, 15) is 0 Å². The zero-order chi connectivity index (χ0) is 20.8. The van der Waals surface area contributed by atoms with Gasteiger partial charge >= 0.3 is 0 Å². The van der Waals surface area contributed by atoms with Crippen molar-refractivity contribution in [2.24, 2.45) is 4.99 Å². The molecule has 8 nitrogen and oxygen atoms in total. The minimum absolute atomic E-state index is 0.456. The number of hydrogen-bond acceptors (Lipinski definition) is 5. The quantitative estimate of drug-likeness (QED) is 0.291. The molecule has 2 heterocycles. The van der Waals surface area contributed by atoms with Crippen molar-refractivity contribution in [3.05, 3.63) is 47.4 Å². The molecule has 0 aliphatic carbocycles. The van der Waals surface area contributed by atoms with Crippen LogP contribution in [-0.2, 0) is 6.42 Å². The van der Waals surface area contributed by atoms with Crippen LogP contribution in [0.2, 0.25) is 0 Å². The van der Waals surface area contributed by atoms with Crippen molar-refractivity contribution in [1.29, 1.82) is 0 Å². The maximum Gasteiger partial charge on any atom is 0.229 e. The van der Waals surface area contributed by atoms with E-state index in [2.05, 4.69) is 35.9 Å². The van der Waals surface area contributed by atoms with E-state index in [1.165, 1.54) is 5.56 Å². The molecule has 0 aliphatic heterocycles. The molecule has 9 heteroatoms. The van der Waals surface area contributed by atoms with Gasteiger partial charge in [-0.15, -0.1) is 0 Å². The molecular formula is C20H25N7OS. The first-order chi connectivity index (χ1) is 14.0. The number of aromatic nitrogens is 3. The van der Waals surface area contributed by atoms with Crippen molar-refractivity contribution in [2.45, 2.75) is 20.3 Å². The number of guanidine groups is 1. The number of methoxy groups -OCH3 is 1. The number of aryl methyl sites for hydroxylation is 2. The van der Waals surface area contributed by atoms with Gasteiger partial charge in [0.2, 0.25) is 11.9 Å². The summed E-state index contributed by atoms with van der Waals surface area (Å²) in [4.78, 5) is 16.7. The Morgan fingerprint density at radius 2 is 1.97 bits per heavy atom. The second-order valence-electron chi connectivity index (χ2n) is 6.51. The molecule has 0 fully saturated rings. The number of anilines is 1. The van der Waals surface area contributed by atoms with Gasteiger partial charge in [-0.05, 0) is 62.3 Å². The minimum atomic E-state index is 0.456. The van der Waals surface area contributed by atoms with Gasteiger partial charge < -0.3 is 20.4 Å². The van der Waals surface area contributed by atoms with Crippen LogP contribution in [0.1, 0.15) is 17.0 Å². The molecule has 0 saturated heterocycles. The number of rotatable bonds is 5. The number of thiocarbonyl (C=S) groups is 1. The summed E-state index contributed by atoms with van der Waals surface area (Å²) in [6.45, 7) is 4.40. The highest BCUT2D eigenvalue weighted by Crippen LogP contribution is 2.23. The predicted molar refractivity (Wildman–Crippen MR) is 121 cm³/mol. The summed E-state index contributed by atoms with van der Waals surface area (Å²) in [7, 11) is 3.42. The third-order valence-corrected chi connectivity index (χ3v) is 4.60. The molecule has 0 saturated carbocycles. The zero-order valence-corrected chi connectivity index (χ0v) is 17.8. The van der Waals surface area contributed by atoms with Crippen LogP contribution in [-0.4, -0.2) is 46.7 Å². The number of ether oxygens (including phenoxy) is 1. The van der Waals surface area contributed by atoms with E-state index in [-0.39, 0.29) is 0 Å². The van der Waals surface area contributed by atoms with Gasteiger partial charge in [-0.1, -0.05) is 0 Å². The van der Waals surface area contributed by atoms with Crippen LogP contribution in [0.3, 0.4) is 0 Å². The van der Waals surface area contributed by atoms with Crippen LogP contribution < -0.4 is 20.7 Å². The zero-order valence-electron chi connectivity index (χ0n) is 17.0. The summed E-state index contributed by atoms with van der Waals surface area (Å²) in [6, 6.07) is 7.90. The van der Waals surface area contributed by atoms with Gasteiger partial charge in [0.15, 0.2) is 5.11 Å². The van der Waals surface area contributed by atoms with Gasteiger partial charge in [-0.2, -0.15) is 0 Å². The van der Waals surface area contributed by atoms with Gasteiger partial charge in [0.25, 0.3) is 0 Å². The van der Waals surface area contributed by atoms with Gasteiger partial charge in [-0.25, -0.2) is 9.97 Å². The number of nitrogens with one attached hydrogen (secondary N) is 4. The maximum absolute atomic E-state index is 5.33. The summed E-state index contributed by atoms with van der Waals surface area (Å²) in [5.74, 6) is 1.80. The molecular weight excluding hydrogens is 386 g/mol. The summed E-state index contributed by atoms with van der Waals surface area (Å²) in [5.41, 5.74) is 3.99. The largest absolute Gasteiger partial charge is 0.497 e. The molecule has 4 N–H and O–H groups in total. The van der Waals surface area contributed by atoms with Crippen LogP contribution >= 0.6 is 12.2 Å². The Morgan fingerprint density at radius 1 is 1.21 bits per heavy atom. The summed E-state index contributed by atoms with van der Waals surface area (Å²) < 4.78 is 5.33. The standard InChI is InChI=1S/C20H25N7OS/c1-12-9-13(2)25-19(24-12)26-18(27-20(29)21-3)22-8-7-14-11-23-17-6-5-15(28-4)10-16(14)17/h5-6,9-11,23H,7-8H2,1-4H3,(H3,21,22,24,25,26,27,29). The highest BCUT2D eigenvalue weighted by Gasteiger charge is 2.08. The van der Waals surface area contributed by atoms with Crippen molar-refractivity contribution in [2.75, 3.05) is 26.0 Å². The summed E-state index contributed by atoms with van der Waals surface area (Å²) in [5, 5.41) is 10.6. The second-order valence-corrected chi connectivity index (χ2v) is 6.92. The highest BCUT2D eigenvalue weighted by molar-refractivity contribution is 7.80. The fourth-order valence-corrected chi connectivity index (χ4v) is 3.04. The van der Waals surface area contributed by atoms with Gasteiger partial charge in [0.05, 0.1) is 7.11 Å². The second kappa shape index (κ2) is 9.33. The topological polar surface area (TPSA) is 99.2 Å². The number of aliphatic imine (C=N–C) groups is 1. The Labute approximate surface area is 175 Å². The molecule has 0 atom stereocenters. The SMILES string of the molecule is CNC(=S)NC(=NCCc1c[nH]c2ccc(OC)cc12)Nc1nc(C)cc(C)n1. The van der Waals surface area contributed by atoms with Crippen LogP contribution in [0, 0.1) is 13.8 Å². The smallest absolute Gasteiger partial charge is 0.229 e. The summed E-state index contributed by atoms with van der Waals surface area (Å²) >= 11 is 5.22. The van der Waals surface area contributed by atoms with Crippen molar-refractivity contribution in [3.63, 3.8) is 0 Å². The molecule has 0 amide bonds. The number of H-pyrrole nitrogens is 1. The molecule has 0 radical (unpaired) electrons. The van der Waals surface area contributed by atoms with Crippen LogP contribution in [0.25, 0.3) is 10.9 Å². The first kappa shape index (κ1) is 20.5. The van der Waals surface area contributed by atoms with Gasteiger partial charge in [0, 0.05) is 42.1 Å². The van der Waals surface area contributed by atoms with Gasteiger partial charge in [0.1, 0.15) is 5.75 Å². The normalized spacial score (nSPS) is 11.4. The highest BCUT2D eigenvalue weighted by atomic mass is 32.1. The van der Waals surface area contributed by atoms with E-state index >= 15 is 0 Å². The Morgan fingerprint density at radius 3 is 2.66 bits per heavy atom.